The Morgan fingerprint density at radius 3 is 2.53 bits per heavy atom. The smallest absolute Gasteiger partial charge is 0.262 e. The van der Waals surface area contributed by atoms with Crippen LogP contribution in [0.4, 0.5) is 5.69 Å². The fourth-order valence-corrected chi connectivity index (χ4v) is 5.49. The SMILES string of the molecule is COc1ccc(OC)c(NC(=O)C[C@@H]2SC(N3N=C(c4ccc(C)cc4)C[C@@H]3c3ccccc3)=NC2=O)c1. The Bertz CT molecular complexity index is 1410. The summed E-state index contributed by atoms with van der Waals surface area (Å²) in [6, 6.07) is 23.4. The number of amidine groups is 1. The minimum Gasteiger partial charge on any atom is -0.497 e. The first kappa shape index (κ1) is 25.5. The fourth-order valence-electron chi connectivity index (χ4n) is 4.43. The maximum atomic E-state index is 12.9. The van der Waals surface area contributed by atoms with Gasteiger partial charge in [0.2, 0.25) is 5.91 Å². The van der Waals surface area contributed by atoms with E-state index in [1.54, 1.807) is 25.3 Å². The molecule has 2 atom stereocenters. The largest absolute Gasteiger partial charge is 0.497 e. The third-order valence-corrected chi connectivity index (χ3v) is 7.60. The van der Waals surface area contributed by atoms with E-state index in [4.69, 9.17) is 14.6 Å². The number of nitrogens with one attached hydrogen (secondary N) is 1. The number of thioether (sulfide) groups is 1. The number of hydrazone groups is 1. The maximum Gasteiger partial charge on any atom is 0.262 e. The van der Waals surface area contributed by atoms with Crippen molar-refractivity contribution in [1.82, 2.24) is 5.01 Å². The normalized spacial score (nSPS) is 18.7. The minimum atomic E-state index is -0.642. The van der Waals surface area contributed by atoms with Crippen molar-refractivity contribution in [2.24, 2.45) is 10.1 Å². The van der Waals surface area contributed by atoms with E-state index in [1.165, 1.54) is 24.4 Å². The van der Waals surface area contributed by atoms with Crippen molar-refractivity contribution in [3.05, 3.63) is 89.5 Å². The van der Waals surface area contributed by atoms with E-state index in [9.17, 15) is 9.59 Å². The zero-order chi connectivity index (χ0) is 26.6. The van der Waals surface area contributed by atoms with Gasteiger partial charge in [-0.25, -0.2) is 5.01 Å². The highest BCUT2D eigenvalue weighted by Crippen LogP contribution is 2.39. The standard InChI is InChI=1S/C29H28N4O4S/c1-18-9-11-19(12-10-18)22-16-24(20-7-5-4-6-8-20)33(32-22)29-31-28(35)26(38-29)17-27(34)30-23-15-21(36-2)13-14-25(23)37-3/h4-15,24,26H,16-17H2,1-3H3,(H,30,34)/t24-,26+/m1/s1. The third-order valence-electron chi connectivity index (χ3n) is 6.46. The van der Waals surface area contributed by atoms with Gasteiger partial charge in [0, 0.05) is 18.9 Å². The Hall–Kier alpha value is -4.11. The Balaban J connectivity index is 1.33. The molecule has 8 nitrogen and oxygen atoms in total. The van der Waals surface area contributed by atoms with E-state index >= 15 is 0 Å². The Morgan fingerprint density at radius 2 is 1.82 bits per heavy atom. The lowest BCUT2D eigenvalue weighted by atomic mass is 9.98. The number of anilines is 1. The highest BCUT2D eigenvalue weighted by Gasteiger charge is 2.39. The number of benzene rings is 3. The lowest BCUT2D eigenvalue weighted by Gasteiger charge is -2.23. The Labute approximate surface area is 225 Å². The Kier molecular flexibility index (Phi) is 7.46. The van der Waals surface area contributed by atoms with Crippen LogP contribution in [0.3, 0.4) is 0 Å². The minimum absolute atomic E-state index is 0.0325. The van der Waals surface area contributed by atoms with Crippen LogP contribution in [0.15, 0.2) is 82.9 Å². The van der Waals surface area contributed by atoms with E-state index in [-0.39, 0.29) is 24.3 Å². The first-order valence-electron chi connectivity index (χ1n) is 12.2. The quantitative estimate of drug-likeness (QED) is 0.454. The number of hydrogen-bond acceptors (Lipinski definition) is 7. The molecule has 0 saturated carbocycles. The third kappa shape index (κ3) is 5.43. The van der Waals surface area contributed by atoms with Gasteiger partial charge in [-0.1, -0.05) is 71.9 Å². The van der Waals surface area contributed by atoms with Gasteiger partial charge in [-0.3, -0.25) is 9.59 Å². The van der Waals surface area contributed by atoms with E-state index < -0.39 is 5.25 Å². The molecule has 0 radical (unpaired) electrons. The first-order chi connectivity index (χ1) is 18.4. The molecule has 38 heavy (non-hydrogen) atoms. The van der Waals surface area contributed by atoms with Gasteiger partial charge < -0.3 is 14.8 Å². The zero-order valence-corrected chi connectivity index (χ0v) is 22.2. The molecular weight excluding hydrogens is 500 g/mol. The summed E-state index contributed by atoms with van der Waals surface area (Å²) in [7, 11) is 3.08. The van der Waals surface area contributed by atoms with Crippen molar-refractivity contribution < 1.29 is 19.1 Å². The van der Waals surface area contributed by atoms with Crippen molar-refractivity contribution in [2.45, 2.75) is 31.1 Å². The van der Waals surface area contributed by atoms with Gasteiger partial charge in [-0.2, -0.15) is 10.1 Å². The molecule has 0 aromatic heterocycles. The summed E-state index contributed by atoms with van der Waals surface area (Å²) in [6.07, 6.45) is 0.650. The summed E-state index contributed by atoms with van der Waals surface area (Å²) in [6.45, 7) is 2.05. The number of carbonyl (C=O) groups is 2. The van der Waals surface area contributed by atoms with Crippen molar-refractivity contribution in [3.8, 4) is 11.5 Å². The van der Waals surface area contributed by atoms with Crippen LogP contribution < -0.4 is 14.8 Å². The highest BCUT2D eigenvalue weighted by molar-refractivity contribution is 8.15. The van der Waals surface area contributed by atoms with Crippen LogP contribution in [-0.4, -0.2) is 47.2 Å². The van der Waals surface area contributed by atoms with Crippen LogP contribution >= 0.6 is 11.8 Å². The average molecular weight is 529 g/mol. The van der Waals surface area contributed by atoms with E-state index in [1.807, 2.05) is 23.2 Å². The number of hydrogen-bond donors (Lipinski definition) is 1. The molecule has 2 amide bonds. The number of methoxy groups -OCH3 is 2. The molecule has 2 aliphatic rings. The van der Waals surface area contributed by atoms with E-state index in [0.717, 1.165) is 16.8 Å². The van der Waals surface area contributed by atoms with Gasteiger partial charge in [0.05, 0.1) is 31.7 Å². The summed E-state index contributed by atoms with van der Waals surface area (Å²) in [4.78, 5) is 30.1. The predicted molar refractivity (Wildman–Crippen MR) is 150 cm³/mol. The molecular formula is C29H28N4O4S. The molecule has 2 heterocycles. The molecule has 1 N–H and O–H groups in total. The van der Waals surface area contributed by atoms with Crippen molar-refractivity contribution in [1.29, 1.82) is 0 Å². The van der Waals surface area contributed by atoms with Gasteiger partial charge in [0.15, 0.2) is 5.17 Å². The van der Waals surface area contributed by atoms with Crippen LogP contribution in [0.1, 0.15) is 35.6 Å². The van der Waals surface area contributed by atoms with Gasteiger partial charge in [0.25, 0.3) is 5.91 Å². The number of carbonyl (C=O) groups excluding carboxylic acids is 2. The Morgan fingerprint density at radius 1 is 1.05 bits per heavy atom. The number of rotatable bonds is 7. The van der Waals surface area contributed by atoms with Crippen LogP contribution in [0, 0.1) is 6.92 Å². The summed E-state index contributed by atoms with van der Waals surface area (Å²) in [5.41, 5.74) is 4.71. The highest BCUT2D eigenvalue weighted by atomic mass is 32.2. The molecule has 0 unspecified atom stereocenters. The molecule has 2 aliphatic heterocycles. The van der Waals surface area contributed by atoms with Crippen LogP contribution in [0.5, 0.6) is 11.5 Å². The van der Waals surface area contributed by atoms with E-state index in [0.29, 0.717) is 28.8 Å². The van der Waals surface area contributed by atoms with Crippen molar-refractivity contribution in [3.63, 3.8) is 0 Å². The van der Waals surface area contributed by atoms with Gasteiger partial charge in [-0.05, 0) is 30.2 Å². The zero-order valence-electron chi connectivity index (χ0n) is 21.4. The predicted octanol–water partition coefficient (Wildman–Crippen LogP) is 5.19. The molecule has 9 heteroatoms. The molecule has 194 valence electrons. The average Bonchev–Trinajstić information content (AvgIpc) is 3.53. The molecule has 0 saturated heterocycles. The second-order valence-corrected chi connectivity index (χ2v) is 10.2. The molecule has 0 aliphatic carbocycles. The first-order valence-corrected chi connectivity index (χ1v) is 13.1. The summed E-state index contributed by atoms with van der Waals surface area (Å²) in [5, 5.41) is 9.42. The van der Waals surface area contributed by atoms with Crippen molar-refractivity contribution in [2.75, 3.05) is 19.5 Å². The topological polar surface area (TPSA) is 92.6 Å². The number of aliphatic imine (C=N–C) groups is 1. The second-order valence-electron chi connectivity index (χ2n) is 9.05. The summed E-state index contributed by atoms with van der Waals surface area (Å²) in [5.74, 6) is 0.427. The number of aryl methyl sites for hydroxylation is 1. The molecule has 3 aromatic carbocycles. The van der Waals surface area contributed by atoms with Crippen LogP contribution in [-0.2, 0) is 9.59 Å². The second kappa shape index (κ2) is 11.1. The number of amides is 2. The lowest BCUT2D eigenvalue weighted by Crippen LogP contribution is -2.25. The summed E-state index contributed by atoms with van der Waals surface area (Å²) < 4.78 is 10.6. The maximum absolute atomic E-state index is 12.9. The van der Waals surface area contributed by atoms with Gasteiger partial charge in [-0.15, -0.1) is 0 Å². The molecule has 0 spiro atoms. The monoisotopic (exact) mass is 528 g/mol. The fraction of sp³-hybridized carbons (Fsp3) is 0.241. The van der Waals surface area contributed by atoms with Gasteiger partial charge >= 0.3 is 0 Å². The summed E-state index contributed by atoms with van der Waals surface area (Å²) >= 11 is 1.27. The molecule has 3 aromatic rings. The number of nitrogens with zero attached hydrogens (tertiary/aromatic N) is 3. The van der Waals surface area contributed by atoms with Crippen LogP contribution in [0.25, 0.3) is 0 Å². The number of ether oxygens (including phenoxy) is 2. The van der Waals surface area contributed by atoms with Crippen LogP contribution in [0.2, 0.25) is 0 Å². The van der Waals surface area contributed by atoms with Crippen molar-refractivity contribution >= 4 is 40.1 Å². The molecule has 5 rings (SSSR count). The van der Waals surface area contributed by atoms with E-state index in [2.05, 4.69) is 53.6 Å². The molecule has 0 fully saturated rings. The lowest BCUT2D eigenvalue weighted by molar-refractivity contribution is -0.121. The molecule has 0 bridgehead atoms. The van der Waals surface area contributed by atoms with Gasteiger partial charge in [0.1, 0.15) is 16.7 Å².